The van der Waals surface area contributed by atoms with Crippen LogP contribution in [0.25, 0.3) is 21.5 Å². The van der Waals surface area contributed by atoms with Crippen LogP contribution in [0.5, 0.6) is 0 Å². The molecule has 0 amide bonds. The van der Waals surface area contributed by atoms with Crippen LogP contribution in [0.15, 0.2) is 133 Å². The van der Waals surface area contributed by atoms with Crippen LogP contribution in [0.1, 0.15) is 11.1 Å². The van der Waals surface area contributed by atoms with E-state index in [4.69, 9.17) is 0 Å². The van der Waals surface area contributed by atoms with Crippen LogP contribution in [0, 0.1) is 0 Å². The van der Waals surface area contributed by atoms with Crippen molar-refractivity contribution in [3.8, 4) is 0 Å². The number of fused-ring (bicyclic) bond motifs is 8. The number of benzene rings is 7. The van der Waals surface area contributed by atoms with Crippen LogP contribution >= 0.6 is 0 Å². The predicted octanol–water partition coefficient (Wildman–Crippen LogP) is 7.99. The molecule has 11 rings (SSSR count). The number of rotatable bonds is 3. The maximum atomic E-state index is 2.66. The maximum absolute atomic E-state index is 2.66. The first kappa shape index (κ1) is 24.8. The molecule has 4 aliphatic heterocycles. The maximum Gasteiger partial charge on any atom is 0.252 e. The average Bonchev–Trinajstić information content (AvgIpc) is 3.77. The summed E-state index contributed by atoms with van der Waals surface area (Å²) in [6.07, 6.45) is 2.13. The third-order valence-electron chi connectivity index (χ3n) is 10.9. The Labute approximate surface area is 269 Å². The SMILES string of the molecule is c1ccc(N(c2ccccc2)c2cc3c4c(c2)N2CCc5c2c(cc2ccccc52)B4c2cc4ccccc4c4c2N3CC4)cc1. The number of hydrogen-bond acceptors (Lipinski definition) is 3. The topological polar surface area (TPSA) is 9.72 Å². The van der Waals surface area contributed by atoms with Gasteiger partial charge in [0, 0.05) is 47.2 Å². The number of hydrogen-bond donors (Lipinski definition) is 0. The van der Waals surface area contributed by atoms with Crippen molar-refractivity contribution in [2.24, 2.45) is 0 Å². The molecular weight excluding hydrogens is 557 g/mol. The molecule has 7 aromatic rings. The zero-order valence-electron chi connectivity index (χ0n) is 25.4. The summed E-state index contributed by atoms with van der Waals surface area (Å²) in [7, 11) is 0. The van der Waals surface area contributed by atoms with Gasteiger partial charge in [0.1, 0.15) is 0 Å². The molecule has 0 fully saturated rings. The van der Waals surface area contributed by atoms with Crippen LogP contribution in [0.4, 0.5) is 39.8 Å². The van der Waals surface area contributed by atoms with Gasteiger partial charge >= 0.3 is 0 Å². The summed E-state index contributed by atoms with van der Waals surface area (Å²) in [5, 5.41) is 5.53. The minimum absolute atomic E-state index is 0.196. The first-order chi connectivity index (χ1) is 22.8. The lowest BCUT2D eigenvalue weighted by Gasteiger charge is -2.43. The second kappa shape index (κ2) is 9.05. The normalized spacial score (nSPS) is 14.9. The Morgan fingerprint density at radius 2 is 0.935 bits per heavy atom. The van der Waals surface area contributed by atoms with Gasteiger partial charge in [-0.15, -0.1) is 0 Å². The summed E-state index contributed by atoms with van der Waals surface area (Å²) in [4.78, 5) is 7.76. The van der Waals surface area contributed by atoms with Gasteiger partial charge in [0.05, 0.1) is 5.69 Å². The van der Waals surface area contributed by atoms with E-state index in [0.29, 0.717) is 0 Å². The first-order valence-electron chi connectivity index (χ1n) is 16.6. The summed E-state index contributed by atoms with van der Waals surface area (Å²) in [5.41, 5.74) is 16.6. The van der Waals surface area contributed by atoms with Gasteiger partial charge in [-0.25, -0.2) is 0 Å². The number of para-hydroxylation sites is 2. The third kappa shape index (κ3) is 3.18. The van der Waals surface area contributed by atoms with Crippen LogP contribution in [0.3, 0.4) is 0 Å². The Bertz CT molecular complexity index is 2240. The molecular formula is C42H30BN3. The van der Waals surface area contributed by atoms with Gasteiger partial charge in [-0.05, 0) is 98.3 Å². The van der Waals surface area contributed by atoms with E-state index >= 15 is 0 Å². The Morgan fingerprint density at radius 3 is 1.43 bits per heavy atom. The van der Waals surface area contributed by atoms with Gasteiger partial charge in [0.2, 0.25) is 0 Å². The molecule has 4 heterocycles. The Balaban J connectivity index is 1.25. The second-order valence-electron chi connectivity index (χ2n) is 13.2. The molecule has 3 nitrogen and oxygen atoms in total. The fourth-order valence-electron chi connectivity index (χ4n) is 9.17. The highest BCUT2D eigenvalue weighted by Crippen LogP contribution is 2.49. The molecule has 0 atom stereocenters. The largest absolute Gasteiger partial charge is 0.342 e. The highest BCUT2D eigenvalue weighted by Gasteiger charge is 2.47. The molecule has 4 heteroatoms. The van der Waals surface area contributed by atoms with E-state index in [2.05, 4.69) is 148 Å². The molecule has 216 valence electrons. The van der Waals surface area contributed by atoms with Gasteiger partial charge in [-0.1, -0.05) is 97.1 Å². The van der Waals surface area contributed by atoms with Crippen LogP contribution in [0.2, 0.25) is 0 Å². The van der Waals surface area contributed by atoms with Crippen molar-refractivity contribution in [2.75, 3.05) is 27.8 Å². The Morgan fingerprint density at radius 1 is 0.478 bits per heavy atom. The molecule has 7 aromatic carbocycles. The molecule has 46 heavy (non-hydrogen) atoms. The van der Waals surface area contributed by atoms with Gasteiger partial charge < -0.3 is 14.7 Å². The van der Waals surface area contributed by atoms with Crippen molar-refractivity contribution >= 4 is 84.5 Å². The van der Waals surface area contributed by atoms with Gasteiger partial charge in [-0.3, -0.25) is 0 Å². The summed E-state index contributed by atoms with van der Waals surface area (Å²) in [6.45, 7) is 2.21. The zero-order valence-corrected chi connectivity index (χ0v) is 25.4. The summed E-state index contributed by atoms with van der Waals surface area (Å²) in [6, 6.07) is 49.8. The second-order valence-corrected chi connectivity index (χ2v) is 13.2. The molecule has 0 spiro atoms. The smallest absolute Gasteiger partial charge is 0.252 e. The quantitative estimate of drug-likeness (QED) is 0.194. The fourth-order valence-corrected chi connectivity index (χ4v) is 9.17. The number of nitrogens with zero attached hydrogens (tertiary/aromatic N) is 3. The predicted molar refractivity (Wildman–Crippen MR) is 195 cm³/mol. The minimum Gasteiger partial charge on any atom is -0.342 e. The monoisotopic (exact) mass is 587 g/mol. The summed E-state index contributed by atoms with van der Waals surface area (Å²) < 4.78 is 0. The third-order valence-corrected chi connectivity index (χ3v) is 10.9. The van der Waals surface area contributed by atoms with Crippen molar-refractivity contribution in [1.29, 1.82) is 0 Å². The van der Waals surface area contributed by atoms with Crippen molar-refractivity contribution in [2.45, 2.75) is 12.8 Å². The van der Waals surface area contributed by atoms with Crippen molar-refractivity contribution in [3.63, 3.8) is 0 Å². The molecule has 0 N–H and O–H groups in total. The lowest BCUT2D eigenvalue weighted by molar-refractivity contribution is 0.989. The molecule has 0 bridgehead atoms. The van der Waals surface area contributed by atoms with Crippen molar-refractivity contribution in [3.05, 3.63) is 145 Å². The van der Waals surface area contributed by atoms with Crippen LogP contribution in [-0.4, -0.2) is 19.8 Å². The van der Waals surface area contributed by atoms with E-state index in [9.17, 15) is 0 Å². The van der Waals surface area contributed by atoms with E-state index in [-0.39, 0.29) is 6.71 Å². The average molecular weight is 588 g/mol. The van der Waals surface area contributed by atoms with Crippen LogP contribution in [-0.2, 0) is 12.8 Å². The molecule has 0 unspecified atom stereocenters. The Hall–Kier alpha value is -5.48. The van der Waals surface area contributed by atoms with E-state index < -0.39 is 0 Å². The summed E-state index contributed by atoms with van der Waals surface area (Å²) in [5.74, 6) is 0. The van der Waals surface area contributed by atoms with E-state index in [1.807, 2.05) is 0 Å². The van der Waals surface area contributed by atoms with Crippen molar-refractivity contribution in [1.82, 2.24) is 0 Å². The molecule has 0 saturated heterocycles. The standard InChI is InChI=1S/C42H30BN3/c1-3-13-29(14-4-1)46(30-15-5-2-6-16-30)31-25-38-40-39(26-31)45-22-20-35-33-18-10-8-12-28(33)24-37(42(35)45)43(40)36-23-27-11-7-9-17-32(27)34-19-21-44(38)41(34)36/h1-18,23-26H,19-22H2. The fraction of sp³-hybridized carbons (Fsp3) is 0.0952. The molecule has 0 saturated carbocycles. The molecule has 0 aliphatic carbocycles. The molecule has 4 aliphatic rings. The highest BCUT2D eigenvalue weighted by atomic mass is 15.2. The lowest BCUT2D eigenvalue weighted by Crippen LogP contribution is -2.61. The van der Waals surface area contributed by atoms with E-state index in [1.54, 1.807) is 0 Å². The Kier molecular flexibility index (Phi) is 4.88. The minimum atomic E-state index is 0.196. The van der Waals surface area contributed by atoms with Gasteiger partial charge in [0.15, 0.2) is 0 Å². The van der Waals surface area contributed by atoms with Gasteiger partial charge in [-0.2, -0.15) is 0 Å². The van der Waals surface area contributed by atoms with E-state index in [1.165, 1.54) is 88.9 Å². The molecule has 0 radical (unpaired) electrons. The number of anilines is 7. The lowest BCUT2D eigenvalue weighted by atomic mass is 9.33. The van der Waals surface area contributed by atoms with Crippen molar-refractivity contribution < 1.29 is 0 Å². The summed E-state index contributed by atoms with van der Waals surface area (Å²) >= 11 is 0. The van der Waals surface area contributed by atoms with Gasteiger partial charge in [0.25, 0.3) is 6.71 Å². The highest BCUT2D eigenvalue weighted by molar-refractivity contribution is 7.00. The first-order valence-corrected chi connectivity index (χ1v) is 16.6. The zero-order chi connectivity index (χ0) is 29.9. The van der Waals surface area contributed by atoms with Crippen LogP contribution < -0.4 is 31.1 Å². The van der Waals surface area contributed by atoms with E-state index in [0.717, 1.165) is 25.9 Å². The molecule has 0 aromatic heterocycles.